The molecular formula is C20H28FNO5. The first-order valence-corrected chi connectivity index (χ1v) is 9.15. The highest BCUT2D eigenvalue weighted by Gasteiger charge is 2.43. The molecule has 7 heteroatoms. The fourth-order valence-electron chi connectivity index (χ4n) is 2.84. The van der Waals surface area contributed by atoms with E-state index in [2.05, 4.69) is 5.32 Å². The molecule has 2 atom stereocenters. The lowest BCUT2D eigenvalue weighted by atomic mass is 9.77. The Kier molecular flexibility index (Phi) is 6.81. The van der Waals surface area contributed by atoms with Crippen molar-refractivity contribution in [1.82, 2.24) is 5.32 Å². The number of carbonyl (C=O) groups is 2. The zero-order chi connectivity index (χ0) is 20.1. The van der Waals surface area contributed by atoms with Crippen molar-refractivity contribution in [1.29, 1.82) is 0 Å². The lowest BCUT2D eigenvalue weighted by Gasteiger charge is -2.38. The Bertz CT molecular complexity index is 640. The topological polar surface area (TPSA) is 84.9 Å². The Morgan fingerprint density at radius 1 is 1.26 bits per heavy atom. The van der Waals surface area contributed by atoms with E-state index in [-0.39, 0.29) is 13.0 Å². The van der Waals surface area contributed by atoms with Gasteiger partial charge in [0, 0.05) is 6.42 Å². The molecule has 0 radical (unpaired) electrons. The Morgan fingerprint density at radius 2 is 1.89 bits per heavy atom. The van der Waals surface area contributed by atoms with Crippen molar-refractivity contribution in [2.75, 3.05) is 0 Å². The minimum absolute atomic E-state index is 0.0305. The smallest absolute Gasteiger partial charge is 0.407 e. The maximum Gasteiger partial charge on any atom is 0.407 e. The van der Waals surface area contributed by atoms with Crippen molar-refractivity contribution in [3.63, 3.8) is 0 Å². The number of ether oxygens (including phenoxy) is 2. The maximum absolute atomic E-state index is 14.6. The van der Waals surface area contributed by atoms with Crippen LogP contribution in [0.3, 0.4) is 0 Å². The molecule has 1 aliphatic rings. The molecule has 2 unspecified atom stereocenters. The van der Waals surface area contributed by atoms with Gasteiger partial charge in [-0.05, 0) is 45.6 Å². The van der Waals surface area contributed by atoms with Crippen LogP contribution in [0.1, 0.15) is 52.0 Å². The average molecular weight is 381 g/mol. The lowest BCUT2D eigenvalue weighted by molar-refractivity contribution is -0.167. The average Bonchev–Trinajstić information content (AvgIpc) is 2.56. The largest absolute Gasteiger partial charge is 0.458 e. The molecule has 0 aliphatic heterocycles. The molecule has 1 fully saturated rings. The SMILES string of the molecule is CC(C)(C)OC(=O)C(O)C(CC1(F)CCC1)NC(=O)OCc1ccccc1. The molecule has 0 bridgehead atoms. The third kappa shape index (κ3) is 6.82. The second-order valence-electron chi connectivity index (χ2n) is 8.00. The van der Waals surface area contributed by atoms with Gasteiger partial charge in [-0.15, -0.1) is 0 Å². The van der Waals surface area contributed by atoms with Gasteiger partial charge in [0.25, 0.3) is 0 Å². The van der Waals surface area contributed by atoms with Gasteiger partial charge in [0.1, 0.15) is 17.9 Å². The highest BCUT2D eigenvalue weighted by molar-refractivity contribution is 5.77. The predicted molar refractivity (Wildman–Crippen MR) is 97.7 cm³/mol. The van der Waals surface area contributed by atoms with Gasteiger partial charge in [0.05, 0.1) is 6.04 Å². The van der Waals surface area contributed by atoms with Crippen molar-refractivity contribution in [2.45, 2.75) is 76.5 Å². The molecule has 27 heavy (non-hydrogen) atoms. The number of alkyl carbamates (subject to hydrolysis) is 1. The van der Waals surface area contributed by atoms with Gasteiger partial charge in [-0.25, -0.2) is 14.0 Å². The van der Waals surface area contributed by atoms with Crippen LogP contribution in [0.5, 0.6) is 0 Å². The highest BCUT2D eigenvalue weighted by Crippen LogP contribution is 2.40. The fourth-order valence-corrected chi connectivity index (χ4v) is 2.84. The van der Waals surface area contributed by atoms with Gasteiger partial charge in [-0.1, -0.05) is 30.3 Å². The van der Waals surface area contributed by atoms with Crippen molar-refractivity contribution >= 4 is 12.1 Å². The summed E-state index contributed by atoms with van der Waals surface area (Å²) in [6.45, 7) is 5.02. The number of carbonyl (C=O) groups excluding carboxylic acids is 2. The van der Waals surface area contributed by atoms with Crippen molar-refractivity contribution in [3.05, 3.63) is 35.9 Å². The summed E-state index contributed by atoms with van der Waals surface area (Å²) in [5, 5.41) is 12.8. The molecular weight excluding hydrogens is 353 g/mol. The summed E-state index contributed by atoms with van der Waals surface area (Å²) >= 11 is 0. The highest BCUT2D eigenvalue weighted by atomic mass is 19.1. The molecule has 1 saturated carbocycles. The Morgan fingerprint density at radius 3 is 2.41 bits per heavy atom. The van der Waals surface area contributed by atoms with Gasteiger partial charge in [0.15, 0.2) is 6.10 Å². The molecule has 1 aromatic rings. The molecule has 2 rings (SSSR count). The number of hydrogen-bond acceptors (Lipinski definition) is 5. The molecule has 1 aliphatic carbocycles. The number of aliphatic hydroxyl groups is 1. The van der Waals surface area contributed by atoms with E-state index in [1.807, 2.05) is 18.2 Å². The number of halogens is 1. The third-order valence-corrected chi connectivity index (χ3v) is 4.38. The molecule has 0 heterocycles. The van der Waals surface area contributed by atoms with Crippen LogP contribution >= 0.6 is 0 Å². The van der Waals surface area contributed by atoms with Crippen molar-refractivity contribution < 1.29 is 28.6 Å². The number of alkyl halides is 1. The summed E-state index contributed by atoms with van der Waals surface area (Å²) in [5.74, 6) is -0.904. The molecule has 150 valence electrons. The normalized spacial score (nSPS) is 18.0. The van der Waals surface area contributed by atoms with E-state index in [0.29, 0.717) is 12.8 Å². The number of rotatable bonds is 7. The van der Waals surface area contributed by atoms with E-state index >= 15 is 0 Å². The number of benzene rings is 1. The fraction of sp³-hybridized carbons (Fsp3) is 0.600. The van der Waals surface area contributed by atoms with E-state index in [0.717, 1.165) is 12.0 Å². The second-order valence-corrected chi connectivity index (χ2v) is 8.00. The van der Waals surface area contributed by atoms with Gasteiger partial charge in [-0.2, -0.15) is 0 Å². The quantitative estimate of drug-likeness (QED) is 0.708. The Hall–Kier alpha value is -2.15. The van der Waals surface area contributed by atoms with Crippen LogP contribution in [0.4, 0.5) is 9.18 Å². The monoisotopic (exact) mass is 381 g/mol. The molecule has 2 N–H and O–H groups in total. The first-order chi connectivity index (χ1) is 12.6. The molecule has 0 saturated heterocycles. The number of amides is 1. The Labute approximate surface area is 159 Å². The summed E-state index contributed by atoms with van der Waals surface area (Å²) < 4.78 is 24.8. The second kappa shape index (κ2) is 8.69. The van der Waals surface area contributed by atoms with Crippen molar-refractivity contribution in [3.8, 4) is 0 Å². The number of hydrogen-bond donors (Lipinski definition) is 2. The Balaban J connectivity index is 1.98. The number of aliphatic hydroxyl groups excluding tert-OH is 1. The minimum atomic E-state index is -1.68. The number of nitrogens with one attached hydrogen (secondary N) is 1. The summed E-state index contributed by atoms with van der Waals surface area (Å²) in [6.07, 6.45) is -1.26. The first kappa shape index (κ1) is 21.2. The van der Waals surface area contributed by atoms with Crippen LogP contribution in [-0.4, -0.2) is 40.6 Å². The zero-order valence-corrected chi connectivity index (χ0v) is 16.0. The van der Waals surface area contributed by atoms with Crippen LogP contribution in [0.25, 0.3) is 0 Å². The summed E-state index contributed by atoms with van der Waals surface area (Å²) in [6, 6.07) is 7.94. The van der Waals surface area contributed by atoms with E-state index in [1.165, 1.54) is 0 Å². The van der Waals surface area contributed by atoms with E-state index in [4.69, 9.17) is 9.47 Å². The first-order valence-electron chi connectivity index (χ1n) is 9.15. The van der Waals surface area contributed by atoms with Crippen LogP contribution in [0.2, 0.25) is 0 Å². The van der Waals surface area contributed by atoms with Crippen molar-refractivity contribution in [2.24, 2.45) is 0 Å². The van der Waals surface area contributed by atoms with E-state index < -0.39 is 35.5 Å². The number of esters is 1. The molecule has 1 aromatic carbocycles. The van der Waals surface area contributed by atoms with Gasteiger partial charge >= 0.3 is 12.1 Å². The van der Waals surface area contributed by atoms with Crippen LogP contribution in [0, 0.1) is 0 Å². The summed E-state index contributed by atoms with van der Waals surface area (Å²) in [4.78, 5) is 24.3. The van der Waals surface area contributed by atoms with E-state index in [1.54, 1.807) is 32.9 Å². The van der Waals surface area contributed by atoms with Crippen LogP contribution in [-0.2, 0) is 20.9 Å². The summed E-state index contributed by atoms with van der Waals surface area (Å²) in [5.41, 5.74) is -1.52. The maximum atomic E-state index is 14.6. The van der Waals surface area contributed by atoms with E-state index in [9.17, 15) is 19.1 Å². The zero-order valence-electron chi connectivity index (χ0n) is 16.0. The standard InChI is InChI=1S/C20H28FNO5/c1-19(2,3)27-17(24)16(23)15(12-20(21)10-7-11-20)22-18(25)26-13-14-8-5-4-6-9-14/h4-6,8-9,15-16,23H,7,10-13H2,1-3H3,(H,22,25). The molecule has 0 spiro atoms. The molecule has 0 aromatic heterocycles. The molecule has 1 amide bonds. The third-order valence-electron chi connectivity index (χ3n) is 4.38. The lowest BCUT2D eigenvalue weighted by Crippen LogP contribution is -2.53. The molecule has 6 nitrogen and oxygen atoms in total. The predicted octanol–water partition coefficient (Wildman–Crippen LogP) is 3.27. The van der Waals surface area contributed by atoms with Gasteiger partial charge in [0.2, 0.25) is 0 Å². The van der Waals surface area contributed by atoms with Gasteiger partial charge < -0.3 is 19.9 Å². The minimum Gasteiger partial charge on any atom is -0.458 e. The van der Waals surface area contributed by atoms with Crippen LogP contribution in [0.15, 0.2) is 30.3 Å². The van der Waals surface area contributed by atoms with Crippen LogP contribution < -0.4 is 5.32 Å². The summed E-state index contributed by atoms with van der Waals surface area (Å²) in [7, 11) is 0. The van der Waals surface area contributed by atoms with Gasteiger partial charge in [-0.3, -0.25) is 0 Å².